The number of hydrogen-bond donors (Lipinski definition) is 0. The summed E-state index contributed by atoms with van der Waals surface area (Å²) < 4.78 is 32.4. The van der Waals surface area contributed by atoms with Crippen molar-refractivity contribution in [3.05, 3.63) is 87.5 Å². The lowest BCUT2D eigenvalue weighted by Crippen LogP contribution is -2.17. The van der Waals surface area contributed by atoms with Gasteiger partial charge in [0.15, 0.2) is 10.6 Å². The van der Waals surface area contributed by atoms with Gasteiger partial charge in [-0.05, 0) is 30.7 Å². The van der Waals surface area contributed by atoms with Gasteiger partial charge in [0.25, 0.3) is 0 Å². The van der Waals surface area contributed by atoms with Crippen molar-refractivity contribution in [1.29, 1.82) is 0 Å². The molecule has 4 rings (SSSR count). The molecule has 4 nitrogen and oxygen atoms in total. The van der Waals surface area contributed by atoms with Crippen LogP contribution in [0.3, 0.4) is 0 Å². The molecule has 0 radical (unpaired) electrons. The molecule has 2 heterocycles. The number of rotatable bonds is 6. The van der Waals surface area contributed by atoms with E-state index in [0.29, 0.717) is 11.3 Å². The number of thiazole rings is 1. The molecule has 0 N–H and O–H groups in total. The fraction of sp³-hybridized carbons (Fsp3) is 0.143. The zero-order valence-corrected chi connectivity index (χ0v) is 17.7. The van der Waals surface area contributed by atoms with E-state index in [1.54, 1.807) is 12.5 Å². The van der Waals surface area contributed by atoms with Gasteiger partial charge in [-0.25, -0.2) is 18.8 Å². The summed E-state index contributed by atoms with van der Waals surface area (Å²) in [6.45, 7) is 1.51. The number of halogens is 3. The molecule has 4 aromatic rings. The van der Waals surface area contributed by atoms with Gasteiger partial charge in [-0.1, -0.05) is 28.1 Å². The first-order valence-electron chi connectivity index (χ1n) is 9.00. The van der Waals surface area contributed by atoms with E-state index in [2.05, 4.69) is 30.5 Å². The van der Waals surface area contributed by atoms with Crippen LogP contribution in [0.1, 0.15) is 6.42 Å². The maximum absolute atomic E-state index is 14.1. The number of imidazole rings is 1. The fourth-order valence-corrected chi connectivity index (χ4v) is 4.37. The van der Waals surface area contributed by atoms with Crippen molar-refractivity contribution in [2.45, 2.75) is 19.5 Å². The van der Waals surface area contributed by atoms with Crippen molar-refractivity contribution in [3.63, 3.8) is 0 Å². The fourth-order valence-electron chi connectivity index (χ4n) is 3.02. The third-order valence-corrected chi connectivity index (χ3v) is 5.76. The summed E-state index contributed by atoms with van der Waals surface area (Å²) in [4.78, 5) is 9.20. The molecule has 0 atom stereocenters. The van der Waals surface area contributed by atoms with Crippen LogP contribution in [0.5, 0.6) is 0 Å². The summed E-state index contributed by atoms with van der Waals surface area (Å²) in [5.74, 6) is -1.29. The lowest BCUT2D eigenvalue weighted by Gasteiger charge is -2.10. The highest BCUT2D eigenvalue weighted by Gasteiger charge is 2.10. The van der Waals surface area contributed by atoms with Gasteiger partial charge in [-0.3, -0.25) is 0 Å². The molecular formula is C21H17BrF2N4S. The molecule has 0 saturated heterocycles. The van der Waals surface area contributed by atoms with Gasteiger partial charge in [0, 0.05) is 47.0 Å². The SMILES string of the molecule is Fc1ccc(N=c2scc(-c3cccc(Br)c3)n2CCCn2ccnc2)c(F)c1. The van der Waals surface area contributed by atoms with Crippen LogP contribution in [0.4, 0.5) is 14.5 Å². The van der Waals surface area contributed by atoms with Gasteiger partial charge >= 0.3 is 0 Å². The molecule has 0 aliphatic heterocycles. The standard InChI is InChI=1S/C21H17BrF2N4S/c22-16-4-1-3-15(11-16)20-13-29-21(26-19-6-5-17(23)12-18(19)24)28(20)9-2-8-27-10-7-25-14-27/h1,3-7,10-14H,2,8-9H2. The van der Waals surface area contributed by atoms with Crippen LogP contribution in [0.2, 0.25) is 0 Å². The Morgan fingerprint density at radius 2 is 2.00 bits per heavy atom. The average molecular weight is 475 g/mol. The maximum atomic E-state index is 14.1. The van der Waals surface area contributed by atoms with Gasteiger partial charge in [0.05, 0.1) is 12.0 Å². The van der Waals surface area contributed by atoms with Crippen LogP contribution in [0, 0.1) is 11.6 Å². The van der Waals surface area contributed by atoms with Crippen LogP contribution >= 0.6 is 27.3 Å². The molecule has 0 fully saturated rings. The molecule has 148 valence electrons. The molecule has 2 aromatic heterocycles. The predicted molar refractivity (Wildman–Crippen MR) is 114 cm³/mol. The molecule has 0 aliphatic rings. The van der Waals surface area contributed by atoms with E-state index >= 15 is 0 Å². The Labute approximate surface area is 179 Å². The monoisotopic (exact) mass is 474 g/mol. The zero-order valence-electron chi connectivity index (χ0n) is 15.3. The highest BCUT2D eigenvalue weighted by atomic mass is 79.9. The minimum atomic E-state index is -0.674. The zero-order chi connectivity index (χ0) is 20.2. The van der Waals surface area contributed by atoms with Crippen LogP contribution in [-0.2, 0) is 13.1 Å². The molecule has 8 heteroatoms. The van der Waals surface area contributed by atoms with Crippen LogP contribution in [-0.4, -0.2) is 14.1 Å². The van der Waals surface area contributed by atoms with Crippen LogP contribution in [0.25, 0.3) is 11.3 Å². The average Bonchev–Trinajstić information content (AvgIpc) is 3.34. The lowest BCUT2D eigenvalue weighted by molar-refractivity contribution is 0.557. The second kappa shape index (κ2) is 8.84. The Hall–Kier alpha value is -2.58. The van der Waals surface area contributed by atoms with E-state index < -0.39 is 11.6 Å². The lowest BCUT2D eigenvalue weighted by atomic mass is 10.2. The van der Waals surface area contributed by atoms with Gasteiger partial charge in [-0.2, -0.15) is 0 Å². The Balaban J connectivity index is 1.73. The van der Waals surface area contributed by atoms with E-state index in [1.165, 1.54) is 23.5 Å². The minimum absolute atomic E-state index is 0.123. The van der Waals surface area contributed by atoms with E-state index in [9.17, 15) is 8.78 Å². The van der Waals surface area contributed by atoms with Crippen LogP contribution < -0.4 is 4.80 Å². The first-order chi connectivity index (χ1) is 14.1. The smallest absolute Gasteiger partial charge is 0.190 e. The Kier molecular flexibility index (Phi) is 6.01. The van der Waals surface area contributed by atoms with Crippen molar-refractivity contribution in [2.24, 2.45) is 4.99 Å². The van der Waals surface area contributed by atoms with Gasteiger partial charge in [0.1, 0.15) is 11.5 Å². The summed E-state index contributed by atoms with van der Waals surface area (Å²) in [7, 11) is 0. The molecule has 0 bridgehead atoms. The third kappa shape index (κ3) is 4.71. The molecule has 0 aliphatic carbocycles. The van der Waals surface area contributed by atoms with Crippen LogP contribution in [0.15, 0.2) is 76.0 Å². The van der Waals surface area contributed by atoms with Crippen molar-refractivity contribution >= 4 is 33.0 Å². The Morgan fingerprint density at radius 1 is 1.10 bits per heavy atom. The quantitative estimate of drug-likeness (QED) is 0.349. The molecule has 0 amide bonds. The first kappa shape index (κ1) is 19.7. The van der Waals surface area contributed by atoms with Gasteiger partial charge in [0.2, 0.25) is 0 Å². The largest absolute Gasteiger partial charge is 0.337 e. The number of nitrogens with zero attached hydrogens (tertiary/aromatic N) is 4. The molecule has 0 spiro atoms. The minimum Gasteiger partial charge on any atom is -0.337 e. The van der Waals surface area contributed by atoms with E-state index in [1.807, 2.05) is 40.4 Å². The van der Waals surface area contributed by atoms with E-state index in [-0.39, 0.29) is 5.69 Å². The summed E-state index contributed by atoms with van der Waals surface area (Å²) in [6.07, 6.45) is 6.31. The normalized spacial score (nSPS) is 11.9. The molecule has 29 heavy (non-hydrogen) atoms. The summed E-state index contributed by atoms with van der Waals surface area (Å²) in [5.41, 5.74) is 2.17. The van der Waals surface area contributed by atoms with Gasteiger partial charge in [-0.15, -0.1) is 11.3 Å². The number of aryl methyl sites for hydroxylation is 1. The molecule has 2 aromatic carbocycles. The summed E-state index contributed by atoms with van der Waals surface area (Å²) >= 11 is 4.95. The topological polar surface area (TPSA) is 35.1 Å². The highest BCUT2D eigenvalue weighted by Crippen LogP contribution is 2.25. The van der Waals surface area contributed by atoms with Crippen molar-refractivity contribution in [3.8, 4) is 11.3 Å². The van der Waals surface area contributed by atoms with E-state index in [0.717, 1.165) is 34.8 Å². The second-order valence-corrected chi connectivity index (χ2v) is 8.18. The number of benzene rings is 2. The molecule has 0 unspecified atom stereocenters. The number of aromatic nitrogens is 3. The third-order valence-electron chi connectivity index (χ3n) is 4.40. The first-order valence-corrected chi connectivity index (χ1v) is 10.7. The van der Waals surface area contributed by atoms with Crippen molar-refractivity contribution < 1.29 is 8.78 Å². The Morgan fingerprint density at radius 3 is 2.76 bits per heavy atom. The Bertz CT molecular complexity index is 1180. The van der Waals surface area contributed by atoms with Gasteiger partial charge < -0.3 is 9.13 Å². The van der Waals surface area contributed by atoms with E-state index in [4.69, 9.17) is 0 Å². The number of hydrogen-bond acceptors (Lipinski definition) is 3. The van der Waals surface area contributed by atoms with Crippen molar-refractivity contribution in [1.82, 2.24) is 14.1 Å². The highest BCUT2D eigenvalue weighted by molar-refractivity contribution is 9.10. The predicted octanol–water partition coefficient (Wildman–Crippen LogP) is 5.78. The second-order valence-electron chi connectivity index (χ2n) is 6.43. The maximum Gasteiger partial charge on any atom is 0.190 e. The van der Waals surface area contributed by atoms with Crippen molar-refractivity contribution in [2.75, 3.05) is 0 Å². The summed E-state index contributed by atoms with van der Waals surface area (Å²) in [5, 5.41) is 2.01. The summed E-state index contributed by atoms with van der Waals surface area (Å²) in [6, 6.07) is 11.4. The molecule has 0 saturated carbocycles. The molecular weight excluding hydrogens is 458 g/mol.